The summed E-state index contributed by atoms with van der Waals surface area (Å²) in [5, 5.41) is 47.7. The number of halogens is 1. The molecule has 4 heterocycles. The van der Waals surface area contributed by atoms with E-state index in [0.29, 0.717) is 5.56 Å². The summed E-state index contributed by atoms with van der Waals surface area (Å²) in [4.78, 5) is 28.4. The lowest BCUT2D eigenvalue weighted by Crippen LogP contribution is -2.68. The molecule has 1 unspecified atom stereocenters. The minimum absolute atomic E-state index is 0.00156. The highest BCUT2D eigenvalue weighted by molar-refractivity contribution is 6.32. The van der Waals surface area contributed by atoms with Crippen LogP contribution in [0, 0.1) is 23.7 Å². The Kier molecular flexibility index (Phi) is 11.8. The number of ether oxygens (including phenoxy) is 7. The first-order valence-corrected chi connectivity index (χ1v) is 19.2. The van der Waals surface area contributed by atoms with Crippen LogP contribution in [-0.4, -0.2) is 119 Å². The first kappa shape index (κ1) is 42.7. The number of anilines is 1. The molecule has 0 radical (unpaired) electrons. The van der Waals surface area contributed by atoms with Gasteiger partial charge >= 0.3 is 5.97 Å². The lowest BCUT2D eigenvalue weighted by molar-refractivity contribution is -0.329. The van der Waals surface area contributed by atoms with Crippen LogP contribution in [-0.2, 0) is 23.7 Å². The van der Waals surface area contributed by atoms with E-state index >= 15 is 0 Å². The molecule has 2 aliphatic carbocycles. The fourth-order valence-corrected chi connectivity index (χ4v) is 7.98. The molecule has 4 bridgehead atoms. The van der Waals surface area contributed by atoms with Crippen molar-refractivity contribution in [3.8, 4) is 46.7 Å². The van der Waals surface area contributed by atoms with Gasteiger partial charge in [0, 0.05) is 30.2 Å². The van der Waals surface area contributed by atoms with Crippen LogP contribution < -0.4 is 25.3 Å². The number of amides is 1. The van der Waals surface area contributed by atoms with Gasteiger partial charge in [-0.15, -0.1) is 0 Å². The van der Waals surface area contributed by atoms with Crippen molar-refractivity contribution in [3.05, 3.63) is 88.2 Å². The van der Waals surface area contributed by atoms with Crippen molar-refractivity contribution < 1.29 is 63.2 Å². The van der Waals surface area contributed by atoms with Crippen LogP contribution in [0.25, 0.3) is 0 Å². The van der Waals surface area contributed by atoms with Gasteiger partial charge in [0.1, 0.15) is 18.0 Å². The Morgan fingerprint density at radius 2 is 1.90 bits per heavy atom. The lowest BCUT2D eigenvalue weighted by Gasteiger charge is -2.51. The fraction of sp³-hybridized carbons (Fsp3) is 0.395. The number of hydrogen-bond acceptors (Lipinski definition) is 15. The Bertz CT molecular complexity index is 2310. The molecule has 1 amide bonds. The number of nitrogens with zero attached hydrogens (tertiary/aromatic N) is 1. The maximum Gasteiger partial charge on any atom is 0.341 e. The van der Waals surface area contributed by atoms with Crippen LogP contribution in [0.4, 0.5) is 5.69 Å². The van der Waals surface area contributed by atoms with E-state index in [1.807, 2.05) is 0 Å². The minimum Gasteiger partial charge on any atom is -0.504 e. The highest BCUT2D eigenvalue weighted by Crippen LogP contribution is 2.45. The predicted molar refractivity (Wildman–Crippen MR) is 215 cm³/mol. The van der Waals surface area contributed by atoms with Crippen molar-refractivity contribution in [2.75, 3.05) is 33.1 Å². The number of carbonyl (C=O) groups excluding carboxylic acids is 2. The summed E-state index contributed by atoms with van der Waals surface area (Å²) in [5.41, 5.74) is 4.10. The van der Waals surface area contributed by atoms with Crippen molar-refractivity contribution in [2.24, 2.45) is 5.73 Å². The van der Waals surface area contributed by atoms with Crippen molar-refractivity contribution >= 4 is 29.2 Å². The molecule has 16 nitrogen and oxygen atoms in total. The highest BCUT2D eigenvalue weighted by Gasteiger charge is 2.55. The largest absolute Gasteiger partial charge is 0.504 e. The number of phenols is 1. The van der Waals surface area contributed by atoms with Gasteiger partial charge in [0.05, 0.1) is 47.2 Å². The van der Waals surface area contributed by atoms with Crippen molar-refractivity contribution in [2.45, 2.75) is 80.5 Å². The van der Waals surface area contributed by atoms with Gasteiger partial charge in [-0.1, -0.05) is 42.0 Å². The topological polar surface area (TPSA) is 221 Å². The number of carbonyl (C=O) groups is 2. The van der Waals surface area contributed by atoms with Crippen LogP contribution >= 0.6 is 11.6 Å². The number of aliphatic hydroxyl groups is 3. The summed E-state index contributed by atoms with van der Waals surface area (Å²) in [5.74, 6) is 9.85. The molecule has 7 N–H and O–H groups in total. The Labute approximate surface area is 350 Å². The van der Waals surface area contributed by atoms with E-state index in [2.05, 4.69) is 35.6 Å². The van der Waals surface area contributed by atoms with Crippen LogP contribution in [0.5, 0.6) is 23.0 Å². The normalized spacial score (nSPS) is 30.4. The number of allylic oxidation sites excluding steroid dienone is 3. The molecule has 2 aromatic carbocycles. The first-order chi connectivity index (χ1) is 28.4. The number of aromatic hydroxyl groups is 1. The second-order valence-corrected chi connectivity index (χ2v) is 15.8. The molecule has 0 spiro atoms. The maximum atomic E-state index is 14.1. The smallest absolute Gasteiger partial charge is 0.341 e. The molecule has 9 atom stereocenters. The number of fused-ring (bicyclic) bond motifs is 9. The quantitative estimate of drug-likeness (QED) is 0.140. The Hall–Kier alpha value is -5.37. The number of methoxy groups -OCH3 is 1. The third-order valence-electron chi connectivity index (χ3n) is 10.6. The summed E-state index contributed by atoms with van der Waals surface area (Å²) in [6.45, 7) is 6.62. The number of esters is 1. The number of aliphatic hydroxyl groups excluding tert-OH is 3. The van der Waals surface area contributed by atoms with E-state index in [1.165, 1.54) is 37.5 Å². The predicted octanol–water partition coefficient (Wildman–Crippen LogP) is 2.60. The first-order valence-electron chi connectivity index (χ1n) is 18.8. The third-order valence-corrected chi connectivity index (χ3v) is 10.9. The number of benzene rings is 2. The molecule has 0 aromatic heterocycles. The van der Waals surface area contributed by atoms with E-state index in [1.54, 1.807) is 51.1 Å². The third kappa shape index (κ3) is 8.10. The molecule has 4 aliphatic heterocycles. The zero-order valence-corrected chi connectivity index (χ0v) is 34.0. The van der Waals surface area contributed by atoms with E-state index < -0.39 is 84.5 Å². The standard InChI is InChI=1S/C43H44ClN3O13/c1-21-39(52)46-34-26(17-25(54-6)18-30(34)56-21)40(53)57-31-20-55-33(49)19-28(45)23-15-27(44)37(29(48)16-23)58-32-11-7-9-22(31)12-13-24-10-8-14-43(24,32)60-41-36(51)35(50)38(47(4)5)42(2,3)59-41/h8-10,14-18,28,31-33,35-36,38,41,48-51H,1,19-20,45H2,2-6H3,(H,46,52)/t28-,31-,32+,33-,35-,36+,38-,41-,43?/m0/s1. The summed E-state index contributed by atoms with van der Waals surface area (Å²) in [7, 11) is 4.89. The molecule has 2 aromatic rings. The SMILES string of the molecule is C=C1Oc2cc(OC)cc(C(=O)O[C@H]3CO[C@H](O)C[C@H](N)c4cc(O)c(c(Cl)c4)O[C@@H]4C#CC=C3C#CC3=CC=CC34O[C@@H]3OC(C)(C)[C@@H](N(C)C)[C@@H](O)[C@H]3O)c2NC1=O. The van der Waals surface area contributed by atoms with Gasteiger partial charge in [0.15, 0.2) is 53.4 Å². The van der Waals surface area contributed by atoms with Gasteiger partial charge in [-0.05, 0) is 69.8 Å². The summed E-state index contributed by atoms with van der Waals surface area (Å²) < 4.78 is 42.2. The molecular weight excluding hydrogens is 802 g/mol. The minimum atomic E-state index is -1.78. The Morgan fingerprint density at radius 1 is 1.13 bits per heavy atom. The zero-order chi connectivity index (χ0) is 43.3. The second kappa shape index (κ2) is 16.6. The zero-order valence-electron chi connectivity index (χ0n) is 33.2. The van der Waals surface area contributed by atoms with Crippen molar-refractivity contribution in [1.29, 1.82) is 0 Å². The van der Waals surface area contributed by atoms with Crippen molar-refractivity contribution in [1.82, 2.24) is 4.90 Å². The van der Waals surface area contributed by atoms with Gasteiger partial charge in [-0.25, -0.2) is 4.79 Å². The molecule has 60 heavy (non-hydrogen) atoms. The number of nitrogens with one attached hydrogen (secondary N) is 1. The summed E-state index contributed by atoms with van der Waals surface area (Å²) >= 11 is 6.72. The number of phenolic OH excluding ortho intramolecular Hbond substituents is 1. The van der Waals surface area contributed by atoms with E-state index in [-0.39, 0.29) is 56.8 Å². The molecule has 1 saturated heterocycles. The van der Waals surface area contributed by atoms with Gasteiger partial charge in [-0.2, -0.15) is 0 Å². The number of nitrogens with two attached hydrogens (primary N) is 1. The highest BCUT2D eigenvalue weighted by atomic mass is 35.5. The second-order valence-electron chi connectivity index (χ2n) is 15.4. The number of rotatable bonds is 6. The van der Waals surface area contributed by atoms with Crippen LogP contribution in [0.15, 0.2) is 72.1 Å². The maximum absolute atomic E-state index is 14.1. The lowest BCUT2D eigenvalue weighted by atomic mass is 9.85. The van der Waals surface area contributed by atoms with Crippen LogP contribution in [0.1, 0.15) is 42.2 Å². The molecule has 316 valence electrons. The summed E-state index contributed by atoms with van der Waals surface area (Å²) in [6, 6.07) is 4.05. The summed E-state index contributed by atoms with van der Waals surface area (Å²) in [6.07, 6.45) is -2.62. The average molecular weight is 846 g/mol. The van der Waals surface area contributed by atoms with Crippen LogP contribution in [0.2, 0.25) is 5.02 Å². The average Bonchev–Trinajstić information content (AvgIpc) is 3.60. The van der Waals surface area contributed by atoms with Crippen LogP contribution in [0.3, 0.4) is 0 Å². The number of likely N-dealkylation sites (N-methyl/N-ethyl adjacent to an activating group) is 1. The Morgan fingerprint density at radius 3 is 2.62 bits per heavy atom. The van der Waals surface area contributed by atoms with Gasteiger partial charge in [0.2, 0.25) is 0 Å². The molecule has 1 fully saturated rings. The van der Waals surface area contributed by atoms with Crippen molar-refractivity contribution in [3.63, 3.8) is 0 Å². The van der Waals surface area contributed by atoms with Gasteiger partial charge in [0.25, 0.3) is 5.91 Å². The molecular formula is C43H44ClN3O13. The molecule has 8 rings (SSSR count). The molecule has 6 aliphatic rings. The van der Waals surface area contributed by atoms with E-state index in [4.69, 9.17) is 50.5 Å². The fourth-order valence-electron chi connectivity index (χ4n) is 7.71. The van der Waals surface area contributed by atoms with Gasteiger partial charge < -0.3 is 69.5 Å². The van der Waals surface area contributed by atoms with Gasteiger partial charge in [-0.3, -0.25) is 4.79 Å². The monoisotopic (exact) mass is 845 g/mol. The van der Waals surface area contributed by atoms with E-state index in [0.717, 1.165) is 0 Å². The Balaban J connectivity index is 1.33. The van der Waals surface area contributed by atoms with E-state index in [9.17, 15) is 30.0 Å². The molecule has 0 saturated carbocycles. The molecule has 17 heteroatoms. The number of hydrogen-bond donors (Lipinski definition) is 6.